The fraction of sp³-hybridized carbons (Fsp3) is 0.357. The average Bonchev–Trinajstić information content (AvgIpc) is 2.30. The van der Waals surface area contributed by atoms with E-state index in [1.807, 2.05) is 25.1 Å². The zero-order valence-electron chi connectivity index (χ0n) is 10.5. The van der Waals surface area contributed by atoms with Crippen LogP contribution in [-0.4, -0.2) is 13.0 Å². The van der Waals surface area contributed by atoms with E-state index in [0.717, 1.165) is 35.4 Å². The summed E-state index contributed by atoms with van der Waals surface area (Å²) in [6, 6.07) is 5.69. The smallest absolute Gasteiger partial charge is 0.211 e. The molecule has 0 aliphatic carbocycles. The van der Waals surface area contributed by atoms with E-state index < -0.39 is 0 Å². The minimum atomic E-state index is 0.520. The Morgan fingerprint density at radius 1 is 1.53 bits per heavy atom. The molecule has 1 rings (SSSR count). The van der Waals surface area contributed by atoms with E-state index in [9.17, 15) is 4.79 Å². The van der Waals surface area contributed by atoms with Crippen LogP contribution >= 0.6 is 0 Å². The van der Waals surface area contributed by atoms with Crippen molar-refractivity contribution in [1.29, 1.82) is 0 Å². The average molecular weight is 233 g/mol. The zero-order valence-corrected chi connectivity index (χ0v) is 10.5. The number of aryl methyl sites for hydroxylation is 1. The summed E-state index contributed by atoms with van der Waals surface area (Å²) in [5.74, 6) is 0.813. The second-order valence-electron chi connectivity index (χ2n) is 4.08. The molecule has 0 aliphatic heterocycles. The molecule has 1 aromatic carbocycles. The van der Waals surface area contributed by atoms with Crippen molar-refractivity contribution >= 4 is 12.1 Å². The largest absolute Gasteiger partial charge is 0.489 e. The van der Waals surface area contributed by atoms with Gasteiger partial charge in [-0.05, 0) is 42.7 Å². The second kappa shape index (κ2) is 6.74. The van der Waals surface area contributed by atoms with Crippen molar-refractivity contribution in [2.45, 2.75) is 26.7 Å². The molecular formula is C14H19NO2. The van der Waals surface area contributed by atoms with E-state index in [1.54, 1.807) is 0 Å². The number of benzene rings is 1. The standard InChI is InChI=1S/C14H19NO2/c1-4-5-12-8-13(17-9-11(2)3)6-7-14(12)15-10-16/h6-8,10H,2,4-5,9H2,1,3H3,(H,15,16). The summed E-state index contributed by atoms with van der Waals surface area (Å²) in [6.45, 7) is 8.34. The first-order valence-electron chi connectivity index (χ1n) is 5.77. The summed E-state index contributed by atoms with van der Waals surface area (Å²) < 4.78 is 5.57. The molecule has 0 atom stereocenters. The highest BCUT2D eigenvalue weighted by Gasteiger charge is 2.03. The van der Waals surface area contributed by atoms with Gasteiger partial charge in [-0.25, -0.2) is 0 Å². The first kappa shape index (κ1) is 13.3. The zero-order chi connectivity index (χ0) is 12.7. The molecule has 0 fully saturated rings. The maximum atomic E-state index is 10.5. The first-order valence-corrected chi connectivity index (χ1v) is 5.77. The number of amides is 1. The molecular weight excluding hydrogens is 214 g/mol. The lowest BCUT2D eigenvalue weighted by Gasteiger charge is -2.11. The Hall–Kier alpha value is -1.77. The predicted molar refractivity (Wildman–Crippen MR) is 70.4 cm³/mol. The lowest BCUT2D eigenvalue weighted by atomic mass is 10.1. The topological polar surface area (TPSA) is 38.3 Å². The maximum absolute atomic E-state index is 10.5. The summed E-state index contributed by atoms with van der Waals surface area (Å²) in [6.07, 6.45) is 2.64. The van der Waals surface area contributed by atoms with Gasteiger partial charge in [-0.2, -0.15) is 0 Å². The number of ether oxygens (including phenoxy) is 1. The van der Waals surface area contributed by atoms with Gasteiger partial charge >= 0.3 is 0 Å². The number of carbonyl (C=O) groups excluding carboxylic acids is 1. The fourth-order valence-electron chi connectivity index (χ4n) is 1.55. The molecule has 1 aromatic rings. The van der Waals surface area contributed by atoms with Gasteiger partial charge in [0.25, 0.3) is 0 Å². The van der Waals surface area contributed by atoms with Crippen molar-refractivity contribution < 1.29 is 9.53 Å². The van der Waals surface area contributed by atoms with E-state index in [4.69, 9.17) is 4.74 Å². The van der Waals surface area contributed by atoms with Crippen molar-refractivity contribution in [3.05, 3.63) is 35.9 Å². The van der Waals surface area contributed by atoms with E-state index >= 15 is 0 Å². The summed E-state index contributed by atoms with van der Waals surface area (Å²) >= 11 is 0. The van der Waals surface area contributed by atoms with Gasteiger partial charge in [-0.1, -0.05) is 19.9 Å². The van der Waals surface area contributed by atoms with Gasteiger partial charge in [0, 0.05) is 5.69 Å². The lowest BCUT2D eigenvalue weighted by Crippen LogP contribution is -2.02. The van der Waals surface area contributed by atoms with Crippen LogP contribution in [0.4, 0.5) is 5.69 Å². The van der Waals surface area contributed by atoms with Gasteiger partial charge in [-0.3, -0.25) is 4.79 Å². The van der Waals surface area contributed by atoms with E-state index in [2.05, 4.69) is 18.8 Å². The summed E-state index contributed by atoms with van der Waals surface area (Å²) in [7, 11) is 0. The molecule has 0 saturated carbocycles. The third-order valence-electron chi connectivity index (χ3n) is 2.30. The molecule has 1 amide bonds. The van der Waals surface area contributed by atoms with Gasteiger partial charge < -0.3 is 10.1 Å². The SMILES string of the molecule is C=C(C)COc1ccc(NC=O)c(CCC)c1. The minimum Gasteiger partial charge on any atom is -0.489 e. The highest BCUT2D eigenvalue weighted by atomic mass is 16.5. The van der Waals surface area contributed by atoms with Crippen LogP contribution in [0.1, 0.15) is 25.8 Å². The molecule has 0 saturated heterocycles. The van der Waals surface area contributed by atoms with Crippen LogP contribution in [0.2, 0.25) is 0 Å². The molecule has 0 aliphatic rings. The van der Waals surface area contributed by atoms with Gasteiger partial charge in [-0.15, -0.1) is 0 Å². The van der Waals surface area contributed by atoms with Crippen LogP contribution < -0.4 is 10.1 Å². The van der Waals surface area contributed by atoms with Crippen LogP contribution in [0.3, 0.4) is 0 Å². The third-order valence-corrected chi connectivity index (χ3v) is 2.30. The number of rotatable bonds is 7. The maximum Gasteiger partial charge on any atom is 0.211 e. The third kappa shape index (κ3) is 4.31. The highest BCUT2D eigenvalue weighted by molar-refractivity contribution is 5.73. The van der Waals surface area contributed by atoms with Crippen molar-refractivity contribution in [3.8, 4) is 5.75 Å². The summed E-state index contributed by atoms with van der Waals surface area (Å²) in [5.41, 5.74) is 2.93. The number of hydrogen-bond acceptors (Lipinski definition) is 2. The van der Waals surface area contributed by atoms with Gasteiger partial charge in [0.15, 0.2) is 0 Å². The first-order chi connectivity index (χ1) is 8.17. The van der Waals surface area contributed by atoms with Gasteiger partial charge in [0.1, 0.15) is 12.4 Å². The Bertz CT molecular complexity index is 399. The quantitative estimate of drug-likeness (QED) is 0.580. The Kier molecular flexibility index (Phi) is 5.27. The molecule has 0 radical (unpaired) electrons. The van der Waals surface area contributed by atoms with Gasteiger partial charge in [0.2, 0.25) is 6.41 Å². The van der Waals surface area contributed by atoms with E-state index in [1.165, 1.54) is 0 Å². The molecule has 3 heteroatoms. The second-order valence-corrected chi connectivity index (χ2v) is 4.08. The van der Waals surface area contributed by atoms with Gasteiger partial charge in [0.05, 0.1) is 0 Å². The Morgan fingerprint density at radius 3 is 2.88 bits per heavy atom. The van der Waals surface area contributed by atoms with E-state index in [-0.39, 0.29) is 0 Å². The minimum absolute atomic E-state index is 0.520. The monoisotopic (exact) mass is 233 g/mol. The Morgan fingerprint density at radius 2 is 2.29 bits per heavy atom. The van der Waals surface area contributed by atoms with E-state index in [0.29, 0.717) is 13.0 Å². The summed E-state index contributed by atoms with van der Waals surface area (Å²) in [4.78, 5) is 10.5. The van der Waals surface area contributed by atoms with Crippen molar-refractivity contribution in [3.63, 3.8) is 0 Å². The molecule has 3 nitrogen and oxygen atoms in total. The van der Waals surface area contributed by atoms with Crippen LogP contribution in [0.15, 0.2) is 30.4 Å². The molecule has 0 bridgehead atoms. The molecule has 0 heterocycles. The normalized spacial score (nSPS) is 9.76. The Balaban J connectivity index is 2.84. The van der Waals surface area contributed by atoms with Crippen LogP contribution in [-0.2, 0) is 11.2 Å². The molecule has 1 N–H and O–H groups in total. The lowest BCUT2D eigenvalue weighted by molar-refractivity contribution is -0.105. The Labute approximate surface area is 102 Å². The van der Waals surface area contributed by atoms with Crippen LogP contribution in [0.25, 0.3) is 0 Å². The molecule has 17 heavy (non-hydrogen) atoms. The number of carbonyl (C=O) groups is 1. The molecule has 92 valence electrons. The molecule has 0 unspecified atom stereocenters. The number of hydrogen-bond donors (Lipinski definition) is 1. The predicted octanol–water partition coefficient (Wildman–Crippen LogP) is 3.16. The molecule has 0 aromatic heterocycles. The van der Waals surface area contributed by atoms with Crippen molar-refractivity contribution in [2.24, 2.45) is 0 Å². The van der Waals surface area contributed by atoms with Crippen molar-refractivity contribution in [2.75, 3.05) is 11.9 Å². The number of anilines is 1. The highest BCUT2D eigenvalue weighted by Crippen LogP contribution is 2.23. The van der Waals surface area contributed by atoms with Crippen molar-refractivity contribution in [1.82, 2.24) is 0 Å². The van der Waals surface area contributed by atoms with Crippen LogP contribution in [0.5, 0.6) is 5.75 Å². The van der Waals surface area contributed by atoms with Crippen LogP contribution in [0, 0.1) is 0 Å². The molecule has 0 spiro atoms. The number of nitrogens with one attached hydrogen (secondary N) is 1. The summed E-state index contributed by atoms with van der Waals surface area (Å²) in [5, 5.41) is 2.70. The fourth-order valence-corrected chi connectivity index (χ4v) is 1.55.